The van der Waals surface area contributed by atoms with Gasteiger partial charge < -0.3 is 15.0 Å². The van der Waals surface area contributed by atoms with E-state index in [0.29, 0.717) is 12.0 Å². The highest BCUT2D eigenvalue weighted by atomic mass is 16.5. The summed E-state index contributed by atoms with van der Waals surface area (Å²) in [5, 5.41) is 3.48. The van der Waals surface area contributed by atoms with Gasteiger partial charge in [0.25, 0.3) is 0 Å². The molecule has 3 nitrogen and oxygen atoms in total. The largest absolute Gasteiger partial charge is 0.496 e. The highest BCUT2D eigenvalue weighted by Crippen LogP contribution is 2.40. The molecule has 0 saturated carbocycles. The fraction of sp³-hybridized carbons (Fsp3) is 0.600. The van der Waals surface area contributed by atoms with Gasteiger partial charge in [-0.05, 0) is 46.0 Å². The van der Waals surface area contributed by atoms with Gasteiger partial charge in [0.2, 0.25) is 0 Å². The van der Waals surface area contributed by atoms with Gasteiger partial charge in [0.1, 0.15) is 5.75 Å². The molecular formula is C15H24N2O. The lowest BCUT2D eigenvalue weighted by molar-refractivity contribution is 0.264. The van der Waals surface area contributed by atoms with Gasteiger partial charge in [-0.15, -0.1) is 0 Å². The normalized spacial score (nSPS) is 18.0. The second-order valence-corrected chi connectivity index (χ2v) is 5.36. The third kappa shape index (κ3) is 2.61. The first kappa shape index (κ1) is 13.2. The molecule has 18 heavy (non-hydrogen) atoms. The summed E-state index contributed by atoms with van der Waals surface area (Å²) in [7, 11) is 3.95. The van der Waals surface area contributed by atoms with E-state index in [4.69, 9.17) is 4.74 Å². The Bertz CT molecular complexity index is 403. The Morgan fingerprint density at radius 1 is 1.44 bits per heavy atom. The van der Waals surface area contributed by atoms with Gasteiger partial charge in [0.05, 0.1) is 7.11 Å². The first-order valence-electron chi connectivity index (χ1n) is 6.74. The molecule has 0 unspecified atom stereocenters. The monoisotopic (exact) mass is 248 g/mol. The summed E-state index contributed by atoms with van der Waals surface area (Å²) in [6.07, 6.45) is 1.18. The van der Waals surface area contributed by atoms with E-state index < -0.39 is 0 Å². The van der Waals surface area contributed by atoms with Crippen LogP contribution in [0.15, 0.2) is 18.2 Å². The summed E-state index contributed by atoms with van der Waals surface area (Å²) in [5.41, 5.74) is 2.60. The molecule has 1 atom stereocenters. The van der Waals surface area contributed by atoms with Crippen LogP contribution in [-0.4, -0.2) is 38.2 Å². The molecule has 1 heterocycles. The zero-order valence-electron chi connectivity index (χ0n) is 11.9. The Hall–Kier alpha value is -1.22. The van der Waals surface area contributed by atoms with E-state index in [1.54, 1.807) is 7.11 Å². The molecule has 1 aromatic carbocycles. The molecule has 100 valence electrons. The number of benzene rings is 1. The van der Waals surface area contributed by atoms with Crippen LogP contribution in [0, 0.1) is 0 Å². The Kier molecular flexibility index (Phi) is 4.12. The van der Waals surface area contributed by atoms with Crippen molar-refractivity contribution in [3.63, 3.8) is 0 Å². The molecule has 1 aliphatic rings. The summed E-state index contributed by atoms with van der Waals surface area (Å²) in [5.74, 6) is 1.59. The first-order chi connectivity index (χ1) is 8.63. The van der Waals surface area contributed by atoms with Crippen molar-refractivity contribution >= 4 is 5.69 Å². The number of fused-ring (bicyclic) bond motifs is 1. The number of nitrogens with zero attached hydrogens (tertiary/aromatic N) is 1. The fourth-order valence-electron chi connectivity index (χ4n) is 2.50. The number of ether oxygens (including phenoxy) is 1. The highest BCUT2D eigenvalue weighted by molar-refractivity contribution is 5.63. The van der Waals surface area contributed by atoms with Crippen LogP contribution in [0.4, 0.5) is 5.69 Å². The molecule has 0 aromatic heterocycles. The molecule has 1 aromatic rings. The van der Waals surface area contributed by atoms with Gasteiger partial charge in [-0.3, -0.25) is 0 Å². The van der Waals surface area contributed by atoms with Crippen molar-refractivity contribution in [3.8, 4) is 5.75 Å². The van der Waals surface area contributed by atoms with E-state index in [1.165, 1.54) is 17.7 Å². The summed E-state index contributed by atoms with van der Waals surface area (Å²) in [6.45, 7) is 6.63. The number of anilines is 1. The highest BCUT2D eigenvalue weighted by Gasteiger charge is 2.25. The Balaban J connectivity index is 2.07. The van der Waals surface area contributed by atoms with Crippen molar-refractivity contribution in [2.75, 3.05) is 32.6 Å². The van der Waals surface area contributed by atoms with Gasteiger partial charge in [-0.25, -0.2) is 0 Å². The number of hydrogen-bond donors (Lipinski definition) is 1. The Morgan fingerprint density at radius 3 is 2.89 bits per heavy atom. The zero-order chi connectivity index (χ0) is 13.1. The van der Waals surface area contributed by atoms with Crippen LogP contribution < -0.4 is 10.1 Å². The van der Waals surface area contributed by atoms with E-state index in [0.717, 1.165) is 18.8 Å². The van der Waals surface area contributed by atoms with Crippen LogP contribution in [0.3, 0.4) is 0 Å². The Labute approximate surface area is 110 Å². The zero-order valence-corrected chi connectivity index (χ0v) is 11.9. The maximum atomic E-state index is 5.49. The van der Waals surface area contributed by atoms with Gasteiger partial charge in [0, 0.05) is 29.8 Å². The lowest BCUT2D eigenvalue weighted by atomic mass is 9.96. The lowest BCUT2D eigenvalue weighted by Crippen LogP contribution is -2.28. The standard InChI is InChI=1S/C15H24N2O/c1-11(2)17(3)9-8-12-10-16-13-6-5-7-14(18-4)15(12)13/h5-7,11-12,16H,8-10H2,1-4H3/t12-/m1/s1. The summed E-state index contributed by atoms with van der Waals surface area (Å²) in [4.78, 5) is 2.40. The predicted molar refractivity (Wildman–Crippen MR) is 76.6 cm³/mol. The molecule has 0 radical (unpaired) electrons. The second-order valence-electron chi connectivity index (χ2n) is 5.36. The van der Waals surface area contributed by atoms with Crippen molar-refractivity contribution in [1.29, 1.82) is 0 Å². The molecule has 0 bridgehead atoms. The van der Waals surface area contributed by atoms with Crippen molar-refractivity contribution < 1.29 is 4.74 Å². The number of nitrogens with one attached hydrogen (secondary N) is 1. The molecule has 0 saturated heterocycles. The topological polar surface area (TPSA) is 24.5 Å². The van der Waals surface area contributed by atoms with Gasteiger partial charge in [-0.2, -0.15) is 0 Å². The van der Waals surface area contributed by atoms with Crippen LogP contribution in [0.25, 0.3) is 0 Å². The molecule has 2 rings (SSSR count). The lowest BCUT2D eigenvalue weighted by Gasteiger charge is -2.23. The van der Waals surface area contributed by atoms with E-state index >= 15 is 0 Å². The molecular weight excluding hydrogens is 224 g/mol. The minimum Gasteiger partial charge on any atom is -0.496 e. The van der Waals surface area contributed by atoms with Crippen LogP contribution in [0.1, 0.15) is 31.7 Å². The average molecular weight is 248 g/mol. The molecule has 1 N–H and O–H groups in total. The van der Waals surface area contributed by atoms with Crippen molar-refractivity contribution in [1.82, 2.24) is 4.90 Å². The molecule has 3 heteroatoms. The fourth-order valence-corrected chi connectivity index (χ4v) is 2.50. The third-order valence-electron chi connectivity index (χ3n) is 3.95. The minimum atomic E-state index is 0.567. The van der Waals surface area contributed by atoms with Crippen LogP contribution in [-0.2, 0) is 0 Å². The molecule has 1 aliphatic heterocycles. The van der Waals surface area contributed by atoms with Crippen LogP contribution >= 0.6 is 0 Å². The van der Waals surface area contributed by atoms with E-state index in [2.05, 4.69) is 43.2 Å². The smallest absolute Gasteiger partial charge is 0.124 e. The third-order valence-corrected chi connectivity index (χ3v) is 3.95. The van der Waals surface area contributed by atoms with Gasteiger partial charge in [0.15, 0.2) is 0 Å². The molecule has 0 fully saturated rings. The average Bonchev–Trinajstić information content (AvgIpc) is 2.78. The predicted octanol–water partition coefficient (Wildman–Crippen LogP) is 2.93. The molecule has 0 spiro atoms. The van der Waals surface area contributed by atoms with Crippen LogP contribution in [0.2, 0.25) is 0 Å². The van der Waals surface area contributed by atoms with Crippen molar-refractivity contribution in [2.45, 2.75) is 32.2 Å². The van der Waals surface area contributed by atoms with Gasteiger partial charge in [-0.1, -0.05) is 6.07 Å². The maximum absolute atomic E-state index is 5.49. The first-order valence-corrected chi connectivity index (χ1v) is 6.74. The summed E-state index contributed by atoms with van der Waals surface area (Å²) in [6, 6.07) is 6.86. The van der Waals surface area contributed by atoms with E-state index in [9.17, 15) is 0 Å². The number of methoxy groups -OCH3 is 1. The maximum Gasteiger partial charge on any atom is 0.124 e. The summed E-state index contributed by atoms with van der Waals surface area (Å²) < 4.78 is 5.49. The molecule has 0 amide bonds. The minimum absolute atomic E-state index is 0.567. The molecule has 0 aliphatic carbocycles. The van der Waals surface area contributed by atoms with Crippen molar-refractivity contribution in [2.24, 2.45) is 0 Å². The summed E-state index contributed by atoms with van der Waals surface area (Å²) >= 11 is 0. The second kappa shape index (κ2) is 5.61. The number of rotatable bonds is 5. The van der Waals surface area contributed by atoms with Crippen molar-refractivity contribution in [3.05, 3.63) is 23.8 Å². The Morgan fingerprint density at radius 2 is 2.22 bits per heavy atom. The SMILES string of the molecule is COc1cccc2c1[C@H](CCN(C)C(C)C)CN2. The van der Waals surface area contributed by atoms with Gasteiger partial charge >= 0.3 is 0 Å². The van der Waals surface area contributed by atoms with E-state index in [-0.39, 0.29) is 0 Å². The van der Waals surface area contributed by atoms with Crippen LogP contribution in [0.5, 0.6) is 5.75 Å². The number of hydrogen-bond acceptors (Lipinski definition) is 3. The van der Waals surface area contributed by atoms with E-state index in [1.807, 2.05) is 6.07 Å². The quantitative estimate of drug-likeness (QED) is 0.867.